The van der Waals surface area contributed by atoms with Gasteiger partial charge in [-0.1, -0.05) is 24.6 Å². The lowest BCUT2D eigenvalue weighted by Crippen LogP contribution is -3.18. The van der Waals surface area contributed by atoms with Crippen molar-refractivity contribution in [2.24, 2.45) is 0 Å². The first-order valence-corrected chi connectivity index (χ1v) is 8.61. The van der Waals surface area contributed by atoms with E-state index in [1.165, 1.54) is 38.2 Å². The molecule has 5 nitrogen and oxygen atoms in total. The topological polar surface area (TPSA) is 64.9 Å². The van der Waals surface area contributed by atoms with Gasteiger partial charge in [0.15, 0.2) is 0 Å². The van der Waals surface area contributed by atoms with Crippen molar-refractivity contribution in [3.05, 3.63) is 35.4 Å². The van der Waals surface area contributed by atoms with Crippen LogP contribution in [0.25, 0.3) is 0 Å². The number of carbonyl (C=O) groups is 2. The zero-order valence-corrected chi connectivity index (χ0v) is 13.4. The molecule has 2 aliphatic rings. The van der Waals surface area contributed by atoms with Gasteiger partial charge in [0.25, 0.3) is 5.91 Å². The number of aromatic carboxylic acids is 1. The number of nitrogens with one attached hydrogen (secondary N) is 1. The minimum atomic E-state index is -1.29. The number of carboxylic acid groups (broad SMARTS) is 1. The van der Waals surface area contributed by atoms with Crippen LogP contribution in [-0.2, 0) is 0 Å². The average molecular weight is 316 g/mol. The fraction of sp³-hybridized carbons (Fsp3) is 0.556. The molecule has 124 valence electrons. The number of rotatable bonds is 3. The summed E-state index contributed by atoms with van der Waals surface area (Å²) in [4.78, 5) is 27.2. The van der Waals surface area contributed by atoms with Crippen molar-refractivity contribution in [3.8, 4) is 0 Å². The summed E-state index contributed by atoms with van der Waals surface area (Å²) in [6, 6.07) is 7.08. The predicted octanol–water partition coefficient (Wildman–Crippen LogP) is -0.276. The van der Waals surface area contributed by atoms with Crippen LogP contribution in [0.2, 0.25) is 0 Å². The van der Waals surface area contributed by atoms with Gasteiger partial charge in [0.05, 0.1) is 38.2 Å². The Morgan fingerprint density at radius 1 is 1.00 bits per heavy atom. The monoisotopic (exact) mass is 316 g/mol. The molecule has 1 aliphatic carbocycles. The normalized spacial score (nSPS) is 20.4. The Morgan fingerprint density at radius 2 is 1.61 bits per heavy atom. The van der Waals surface area contributed by atoms with E-state index in [4.69, 9.17) is 0 Å². The van der Waals surface area contributed by atoms with Gasteiger partial charge in [0.2, 0.25) is 0 Å². The van der Waals surface area contributed by atoms with Crippen LogP contribution < -0.4 is 10.0 Å². The van der Waals surface area contributed by atoms with Crippen LogP contribution >= 0.6 is 0 Å². The van der Waals surface area contributed by atoms with E-state index >= 15 is 0 Å². The molecule has 0 spiro atoms. The summed E-state index contributed by atoms with van der Waals surface area (Å²) in [5, 5.41) is 11.2. The number of nitrogens with zero attached hydrogens (tertiary/aromatic N) is 1. The molecule has 1 saturated carbocycles. The third-order valence-corrected chi connectivity index (χ3v) is 5.25. The van der Waals surface area contributed by atoms with E-state index in [1.807, 2.05) is 0 Å². The van der Waals surface area contributed by atoms with Gasteiger partial charge < -0.3 is 19.7 Å². The zero-order chi connectivity index (χ0) is 16.2. The fourth-order valence-electron chi connectivity index (χ4n) is 3.93. The van der Waals surface area contributed by atoms with E-state index in [9.17, 15) is 14.7 Å². The summed E-state index contributed by atoms with van der Waals surface area (Å²) in [6.45, 7) is 3.33. The van der Waals surface area contributed by atoms with Crippen LogP contribution in [0.1, 0.15) is 52.8 Å². The molecule has 1 aromatic rings. The molecule has 1 saturated heterocycles. The minimum absolute atomic E-state index is 0.0143. The summed E-state index contributed by atoms with van der Waals surface area (Å²) >= 11 is 0. The Balaban J connectivity index is 1.63. The van der Waals surface area contributed by atoms with Crippen molar-refractivity contribution in [1.82, 2.24) is 4.90 Å². The van der Waals surface area contributed by atoms with Gasteiger partial charge in [-0.25, -0.2) is 0 Å². The quantitative estimate of drug-likeness (QED) is 0.834. The number of hydrogen-bond donors (Lipinski definition) is 1. The molecule has 0 atom stereocenters. The van der Waals surface area contributed by atoms with Gasteiger partial charge in [-0.2, -0.15) is 0 Å². The molecular formula is C18H24N2O3. The Morgan fingerprint density at radius 3 is 2.22 bits per heavy atom. The third-order valence-electron chi connectivity index (χ3n) is 5.25. The second-order valence-corrected chi connectivity index (χ2v) is 6.62. The highest BCUT2D eigenvalue weighted by molar-refractivity contribution is 6.04. The molecule has 1 N–H and O–H groups in total. The lowest BCUT2D eigenvalue weighted by molar-refractivity contribution is -0.930. The maximum Gasteiger partial charge on any atom is 0.254 e. The van der Waals surface area contributed by atoms with E-state index in [0.717, 1.165) is 19.1 Å². The molecule has 1 amide bonds. The van der Waals surface area contributed by atoms with Gasteiger partial charge >= 0.3 is 0 Å². The number of piperazine rings is 1. The Labute approximate surface area is 136 Å². The number of benzene rings is 1. The summed E-state index contributed by atoms with van der Waals surface area (Å²) in [5.41, 5.74) is 0.230. The van der Waals surface area contributed by atoms with Gasteiger partial charge in [-0.05, 0) is 31.7 Å². The fourth-order valence-corrected chi connectivity index (χ4v) is 3.93. The van der Waals surface area contributed by atoms with E-state index in [0.29, 0.717) is 13.1 Å². The SMILES string of the molecule is O=C([O-])c1ccccc1C(=O)N1CC[NH+](C2CCCCC2)CC1. The Hall–Kier alpha value is -1.88. The van der Waals surface area contributed by atoms with Crippen LogP contribution in [-0.4, -0.2) is 49.0 Å². The van der Waals surface area contributed by atoms with E-state index < -0.39 is 5.97 Å². The molecule has 0 bridgehead atoms. The number of hydrogen-bond acceptors (Lipinski definition) is 3. The molecule has 1 aliphatic heterocycles. The summed E-state index contributed by atoms with van der Waals surface area (Å²) in [6.07, 6.45) is 6.62. The van der Waals surface area contributed by atoms with Crippen LogP contribution in [0.5, 0.6) is 0 Å². The number of amides is 1. The largest absolute Gasteiger partial charge is 0.545 e. The Kier molecular flexibility index (Phi) is 4.96. The average Bonchev–Trinajstić information content (AvgIpc) is 2.62. The summed E-state index contributed by atoms with van der Waals surface area (Å²) < 4.78 is 0. The van der Waals surface area contributed by atoms with Crippen molar-refractivity contribution in [1.29, 1.82) is 0 Å². The van der Waals surface area contributed by atoms with Crippen molar-refractivity contribution in [2.45, 2.75) is 38.1 Å². The molecule has 0 unspecified atom stereocenters. The smallest absolute Gasteiger partial charge is 0.254 e. The van der Waals surface area contributed by atoms with Crippen LogP contribution in [0.15, 0.2) is 24.3 Å². The first-order valence-electron chi connectivity index (χ1n) is 8.61. The summed E-state index contributed by atoms with van der Waals surface area (Å²) in [5.74, 6) is -1.48. The second-order valence-electron chi connectivity index (χ2n) is 6.62. The van der Waals surface area contributed by atoms with Crippen molar-refractivity contribution < 1.29 is 19.6 Å². The van der Waals surface area contributed by atoms with Crippen molar-refractivity contribution >= 4 is 11.9 Å². The molecule has 2 fully saturated rings. The molecule has 0 aromatic heterocycles. The van der Waals surface area contributed by atoms with Crippen LogP contribution in [0.3, 0.4) is 0 Å². The second kappa shape index (κ2) is 7.13. The maximum atomic E-state index is 12.6. The lowest BCUT2D eigenvalue weighted by atomic mass is 9.94. The number of quaternary nitrogens is 1. The van der Waals surface area contributed by atoms with Gasteiger partial charge in [-0.15, -0.1) is 0 Å². The molecule has 23 heavy (non-hydrogen) atoms. The third kappa shape index (κ3) is 3.55. The molecule has 1 aromatic carbocycles. The van der Waals surface area contributed by atoms with Gasteiger partial charge in [0, 0.05) is 11.1 Å². The highest BCUT2D eigenvalue weighted by Crippen LogP contribution is 2.16. The first-order chi connectivity index (χ1) is 11.2. The molecule has 3 rings (SSSR count). The molecule has 0 radical (unpaired) electrons. The lowest BCUT2D eigenvalue weighted by Gasteiger charge is -2.38. The van der Waals surface area contributed by atoms with Crippen LogP contribution in [0, 0.1) is 0 Å². The van der Waals surface area contributed by atoms with E-state index in [-0.39, 0.29) is 17.0 Å². The first kappa shape index (κ1) is 16.0. The van der Waals surface area contributed by atoms with Crippen LogP contribution in [0.4, 0.5) is 0 Å². The van der Waals surface area contributed by atoms with Gasteiger partial charge in [0.1, 0.15) is 0 Å². The Bertz CT molecular complexity index is 573. The highest BCUT2D eigenvalue weighted by atomic mass is 16.4. The highest BCUT2D eigenvalue weighted by Gasteiger charge is 2.30. The number of carboxylic acids is 1. The van der Waals surface area contributed by atoms with E-state index in [1.54, 1.807) is 28.0 Å². The summed E-state index contributed by atoms with van der Waals surface area (Å²) in [7, 11) is 0. The van der Waals surface area contributed by atoms with Gasteiger partial charge in [-0.3, -0.25) is 4.79 Å². The predicted molar refractivity (Wildman–Crippen MR) is 84.2 cm³/mol. The van der Waals surface area contributed by atoms with Crippen molar-refractivity contribution in [2.75, 3.05) is 26.2 Å². The maximum absolute atomic E-state index is 12.6. The standard InChI is InChI=1S/C18H24N2O3/c21-17(15-8-4-5-9-16(15)18(22)23)20-12-10-19(11-13-20)14-6-2-1-3-7-14/h4-5,8-9,14H,1-3,6-7,10-13H2,(H,22,23). The zero-order valence-electron chi connectivity index (χ0n) is 13.4. The van der Waals surface area contributed by atoms with Crippen molar-refractivity contribution in [3.63, 3.8) is 0 Å². The molecule has 5 heteroatoms. The van der Waals surface area contributed by atoms with E-state index in [2.05, 4.69) is 0 Å². The molecule has 1 heterocycles. The number of carbonyl (C=O) groups excluding carboxylic acids is 2. The minimum Gasteiger partial charge on any atom is -0.545 e. The molecular weight excluding hydrogens is 292 g/mol.